The van der Waals surface area contributed by atoms with Crippen molar-refractivity contribution in [2.45, 2.75) is 19.3 Å². The van der Waals surface area contributed by atoms with E-state index in [0.29, 0.717) is 37.1 Å². The lowest BCUT2D eigenvalue weighted by molar-refractivity contribution is -0.142. The van der Waals surface area contributed by atoms with Crippen LogP contribution in [0.25, 0.3) is 0 Å². The van der Waals surface area contributed by atoms with Crippen LogP contribution in [0.5, 0.6) is 0 Å². The third kappa shape index (κ3) is 4.61. The van der Waals surface area contributed by atoms with Gasteiger partial charge in [-0.15, -0.1) is 0 Å². The molecule has 1 aliphatic heterocycles. The number of fused-ring (bicyclic) bond motifs is 1. The van der Waals surface area contributed by atoms with Gasteiger partial charge >= 0.3 is 0 Å². The molecule has 164 valence electrons. The van der Waals surface area contributed by atoms with Gasteiger partial charge in [-0.05, 0) is 37.0 Å². The number of para-hydroxylation sites is 1. The van der Waals surface area contributed by atoms with E-state index in [9.17, 15) is 19.2 Å². The van der Waals surface area contributed by atoms with Crippen LogP contribution >= 0.6 is 0 Å². The van der Waals surface area contributed by atoms with Crippen LogP contribution in [0.3, 0.4) is 0 Å². The third-order valence-corrected chi connectivity index (χ3v) is 5.89. The molecule has 0 bridgehead atoms. The Morgan fingerprint density at radius 1 is 0.875 bits per heavy atom. The lowest BCUT2D eigenvalue weighted by atomic mass is 9.85. The third-order valence-electron chi connectivity index (χ3n) is 5.89. The van der Waals surface area contributed by atoms with Crippen LogP contribution in [0.15, 0.2) is 66.7 Å². The Morgan fingerprint density at radius 2 is 1.50 bits per heavy atom. The SMILES string of the molecule is O=C(CN1C(=O)[C@@H]2CC=CC[C@H]2C1=O)Nc1ccccc1C(=O)NCCc1ccccc1. The molecule has 0 spiro atoms. The summed E-state index contributed by atoms with van der Waals surface area (Å²) in [7, 11) is 0. The van der Waals surface area contributed by atoms with Gasteiger partial charge in [0.25, 0.3) is 5.91 Å². The second-order valence-electron chi connectivity index (χ2n) is 8.00. The van der Waals surface area contributed by atoms with Gasteiger partial charge in [0, 0.05) is 6.54 Å². The molecule has 2 aliphatic rings. The molecule has 1 heterocycles. The van der Waals surface area contributed by atoms with Crippen LogP contribution in [0.1, 0.15) is 28.8 Å². The highest BCUT2D eigenvalue weighted by Gasteiger charge is 2.47. The van der Waals surface area contributed by atoms with E-state index in [1.54, 1.807) is 24.3 Å². The van der Waals surface area contributed by atoms with Crippen molar-refractivity contribution in [2.24, 2.45) is 11.8 Å². The number of carbonyl (C=O) groups is 4. The van der Waals surface area contributed by atoms with Crippen molar-refractivity contribution in [3.8, 4) is 0 Å². The normalized spacial score (nSPS) is 19.6. The Hall–Kier alpha value is -3.74. The van der Waals surface area contributed by atoms with E-state index >= 15 is 0 Å². The number of carbonyl (C=O) groups excluding carboxylic acids is 4. The average Bonchev–Trinajstić information content (AvgIpc) is 3.05. The minimum absolute atomic E-state index is 0.300. The molecule has 2 aromatic rings. The number of rotatable bonds is 7. The highest BCUT2D eigenvalue weighted by atomic mass is 16.2. The Labute approximate surface area is 186 Å². The largest absolute Gasteiger partial charge is 0.352 e. The summed E-state index contributed by atoms with van der Waals surface area (Å²) in [6.07, 6.45) is 5.56. The molecule has 0 radical (unpaired) electrons. The molecule has 2 atom stereocenters. The summed E-state index contributed by atoms with van der Waals surface area (Å²) >= 11 is 0. The molecule has 32 heavy (non-hydrogen) atoms. The van der Waals surface area contributed by atoms with Gasteiger partial charge in [-0.1, -0.05) is 54.6 Å². The van der Waals surface area contributed by atoms with E-state index in [-0.39, 0.29) is 36.1 Å². The van der Waals surface area contributed by atoms with Gasteiger partial charge in [-0.2, -0.15) is 0 Å². The molecule has 2 N–H and O–H groups in total. The van der Waals surface area contributed by atoms with E-state index in [4.69, 9.17) is 0 Å². The molecule has 7 nitrogen and oxygen atoms in total. The minimum atomic E-state index is -0.511. The zero-order chi connectivity index (χ0) is 22.5. The molecular weight excluding hydrogens is 406 g/mol. The summed E-state index contributed by atoms with van der Waals surface area (Å²) in [5.41, 5.74) is 1.78. The highest BCUT2D eigenvalue weighted by Crippen LogP contribution is 2.34. The molecule has 0 aromatic heterocycles. The minimum Gasteiger partial charge on any atom is -0.352 e. The predicted molar refractivity (Wildman–Crippen MR) is 120 cm³/mol. The molecule has 4 amide bonds. The molecular formula is C25H25N3O4. The van der Waals surface area contributed by atoms with Crippen molar-refractivity contribution in [3.63, 3.8) is 0 Å². The summed E-state index contributed by atoms with van der Waals surface area (Å²) in [5, 5.41) is 5.55. The number of hydrogen-bond acceptors (Lipinski definition) is 4. The van der Waals surface area contributed by atoms with Gasteiger partial charge in [0.15, 0.2) is 0 Å². The van der Waals surface area contributed by atoms with Crippen molar-refractivity contribution in [2.75, 3.05) is 18.4 Å². The molecule has 1 aliphatic carbocycles. The first-order valence-corrected chi connectivity index (χ1v) is 10.8. The fourth-order valence-corrected chi connectivity index (χ4v) is 4.21. The van der Waals surface area contributed by atoms with Crippen molar-refractivity contribution < 1.29 is 19.2 Å². The van der Waals surface area contributed by atoms with Crippen LogP contribution in [-0.2, 0) is 20.8 Å². The maximum Gasteiger partial charge on any atom is 0.253 e. The van der Waals surface area contributed by atoms with Gasteiger partial charge in [0.2, 0.25) is 17.7 Å². The quantitative estimate of drug-likeness (QED) is 0.520. The number of anilines is 1. The van der Waals surface area contributed by atoms with E-state index in [1.165, 1.54) is 0 Å². The number of nitrogens with one attached hydrogen (secondary N) is 2. The molecule has 0 saturated carbocycles. The topological polar surface area (TPSA) is 95.6 Å². The number of amides is 4. The van der Waals surface area contributed by atoms with Crippen molar-refractivity contribution in [1.82, 2.24) is 10.2 Å². The average molecular weight is 431 g/mol. The molecule has 1 fully saturated rings. The Bertz CT molecular complexity index is 1040. The molecule has 0 unspecified atom stereocenters. The summed E-state index contributed by atoms with van der Waals surface area (Å²) in [4.78, 5) is 51.5. The number of likely N-dealkylation sites (tertiary alicyclic amines) is 1. The van der Waals surface area contributed by atoms with Crippen molar-refractivity contribution in [1.29, 1.82) is 0 Å². The summed E-state index contributed by atoms with van der Waals surface area (Å²) in [5.74, 6) is -2.16. The van der Waals surface area contributed by atoms with Gasteiger partial charge in [-0.25, -0.2) is 0 Å². The van der Waals surface area contributed by atoms with Crippen LogP contribution in [0, 0.1) is 11.8 Å². The summed E-state index contributed by atoms with van der Waals surface area (Å²) in [6.45, 7) is 0.105. The van der Waals surface area contributed by atoms with Gasteiger partial charge in [-0.3, -0.25) is 24.1 Å². The molecule has 7 heteroatoms. The number of allylic oxidation sites excluding steroid dienone is 2. The zero-order valence-electron chi connectivity index (χ0n) is 17.6. The van der Waals surface area contributed by atoms with Crippen molar-refractivity contribution >= 4 is 29.3 Å². The number of imide groups is 1. The predicted octanol–water partition coefficient (Wildman–Crippen LogP) is 2.55. The monoisotopic (exact) mass is 431 g/mol. The van der Waals surface area contributed by atoms with E-state index in [0.717, 1.165) is 10.5 Å². The Kier molecular flexibility index (Phi) is 6.44. The summed E-state index contributed by atoms with van der Waals surface area (Å²) < 4.78 is 0. The lowest BCUT2D eigenvalue weighted by Crippen LogP contribution is -2.38. The molecule has 1 saturated heterocycles. The number of benzene rings is 2. The van der Waals surface area contributed by atoms with Crippen LogP contribution in [0.4, 0.5) is 5.69 Å². The Balaban J connectivity index is 1.36. The maximum absolute atomic E-state index is 12.7. The van der Waals surface area contributed by atoms with E-state index in [2.05, 4.69) is 10.6 Å². The zero-order valence-corrected chi connectivity index (χ0v) is 17.6. The summed E-state index contributed by atoms with van der Waals surface area (Å²) in [6, 6.07) is 16.5. The Morgan fingerprint density at radius 3 is 2.19 bits per heavy atom. The fraction of sp³-hybridized carbons (Fsp3) is 0.280. The van der Waals surface area contributed by atoms with E-state index in [1.807, 2.05) is 42.5 Å². The highest BCUT2D eigenvalue weighted by molar-refractivity contribution is 6.10. The fourth-order valence-electron chi connectivity index (χ4n) is 4.21. The lowest BCUT2D eigenvalue weighted by Gasteiger charge is -2.16. The molecule has 2 aromatic carbocycles. The second-order valence-corrected chi connectivity index (χ2v) is 8.00. The standard InChI is InChI=1S/C25H25N3O4/c29-22(16-28-24(31)18-10-4-5-11-19(18)25(28)32)27-21-13-7-6-12-20(21)23(30)26-15-14-17-8-2-1-3-9-17/h1-9,12-13,18-19H,10-11,14-16H2,(H,26,30)(H,27,29)/t18-,19-/m1/s1. The van der Waals surface area contributed by atoms with Crippen molar-refractivity contribution in [3.05, 3.63) is 77.9 Å². The molecule has 4 rings (SSSR count). The maximum atomic E-state index is 12.7. The van der Waals surface area contributed by atoms with Crippen LogP contribution in [0.2, 0.25) is 0 Å². The van der Waals surface area contributed by atoms with Crippen LogP contribution in [-0.4, -0.2) is 41.6 Å². The first-order valence-electron chi connectivity index (χ1n) is 10.8. The number of nitrogens with zero attached hydrogens (tertiary/aromatic N) is 1. The van der Waals surface area contributed by atoms with Gasteiger partial charge < -0.3 is 10.6 Å². The van der Waals surface area contributed by atoms with E-state index < -0.39 is 5.91 Å². The second kappa shape index (κ2) is 9.60. The van der Waals surface area contributed by atoms with Gasteiger partial charge in [0.05, 0.1) is 23.1 Å². The first kappa shape index (κ1) is 21.5. The van der Waals surface area contributed by atoms with Gasteiger partial charge in [0.1, 0.15) is 6.54 Å². The number of hydrogen-bond donors (Lipinski definition) is 2. The first-order chi connectivity index (χ1) is 15.5. The smallest absolute Gasteiger partial charge is 0.253 e. The van der Waals surface area contributed by atoms with Crippen LogP contribution < -0.4 is 10.6 Å².